The minimum atomic E-state index is -0.501. The second-order valence-corrected chi connectivity index (χ2v) is 4.98. The average Bonchev–Trinajstić information content (AvgIpc) is 2.40. The van der Waals surface area contributed by atoms with Crippen LogP contribution in [0.2, 0.25) is 0 Å². The van der Waals surface area contributed by atoms with E-state index in [1.165, 1.54) is 0 Å². The van der Waals surface area contributed by atoms with Crippen LogP contribution in [0.4, 0.5) is 0 Å². The number of nitrogens with zero attached hydrogens (tertiary/aromatic N) is 1. The molecule has 1 unspecified atom stereocenters. The molecule has 1 heterocycles. The Morgan fingerprint density at radius 2 is 2.17 bits per heavy atom. The Labute approximate surface area is 115 Å². The highest BCUT2D eigenvalue weighted by molar-refractivity contribution is 9.10. The summed E-state index contributed by atoms with van der Waals surface area (Å²) in [6.07, 6.45) is 3.07. The van der Waals surface area contributed by atoms with Crippen LogP contribution in [0.15, 0.2) is 53.3 Å². The molecule has 0 fully saturated rings. The van der Waals surface area contributed by atoms with Crippen LogP contribution in [0.1, 0.15) is 17.2 Å². The third-order valence-electron chi connectivity index (χ3n) is 2.62. The van der Waals surface area contributed by atoms with E-state index in [9.17, 15) is 5.11 Å². The maximum atomic E-state index is 10.0. The molecule has 0 saturated heterocycles. The van der Waals surface area contributed by atoms with Crippen LogP contribution in [-0.2, 0) is 6.54 Å². The van der Waals surface area contributed by atoms with Crippen molar-refractivity contribution in [1.29, 1.82) is 0 Å². The molecule has 2 aromatic rings. The Kier molecular flexibility index (Phi) is 4.87. The number of aromatic nitrogens is 1. The van der Waals surface area contributed by atoms with Gasteiger partial charge < -0.3 is 10.4 Å². The van der Waals surface area contributed by atoms with Gasteiger partial charge in [-0.25, -0.2) is 0 Å². The van der Waals surface area contributed by atoms with Gasteiger partial charge in [0.05, 0.1) is 6.10 Å². The lowest BCUT2D eigenvalue weighted by Gasteiger charge is -2.12. The van der Waals surface area contributed by atoms with Gasteiger partial charge in [-0.15, -0.1) is 0 Å². The standard InChI is InChI=1S/C14H15BrN2O/c15-13-5-1-4-12(7-13)14(18)10-17-9-11-3-2-6-16-8-11/h1-8,14,17-18H,9-10H2. The first kappa shape index (κ1) is 13.2. The molecule has 1 aromatic heterocycles. The van der Waals surface area contributed by atoms with Crippen LogP contribution in [0.3, 0.4) is 0 Å². The van der Waals surface area contributed by atoms with Gasteiger partial charge in [0.25, 0.3) is 0 Å². The average molecular weight is 307 g/mol. The van der Waals surface area contributed by atoms with Crippen LogP contribution >= 0.6 is 15.9 Å². The Hall–Kier alpha value is -1.23. The van der Waals surface area contributed by atoms with Gasteiger partial charge >= 0.3 is 0 Å². The topological polar surface area (TPSA) is 45.1 Å². The normalized spacial score (nSPS) is 12.3. The molecule has 0 saturated carbocycles. The van der Waals surface area contributed by atoms with Crippen molar-refractivity contribution in [3.8, 4) is 0 Å². The molecule has 0 aliphatic heterocycles. The molecule has 18 heavy (non-hydrogen) atoms. The first-order valence-corrected chi connectivity index (χ1v) is 6.58. The zero-order valence-corrected chi connectivity index (χ0v) is 11.5. The summed E-state index contributed by atoms with van der Waals surface area (Å²) >= 11 is 3.40. The van der Waals surface area contributed by atoms with Crippen LogP contribution in [-0.4, -0.2) is 16.6 Å². The summed E-state index contributed by atoms with van der Waals surface area (Å²) in [5.74, 6) is 0. The van der Waals surface area contributed by atoms with Gasteiger partial charge in [0, 0.05) is 30.0 Å². The van der Waals surface area contributed by atoms with Crippen molar-refractivity contribution in [2.45, 2.75) is 12.6 Å². The van der Waals surface area contributed by atoms with Gasteiger partial charge in [0.15, 0.2) is 0 Å². The number of benzene rings is 1. The first-order valence-electron chi connectivity index (χ1n) is 5.79. The summed E-state index contributed by atoms with van der Waals surface area (Å²) in [5, 5.41) is 13.2. The van der Waals surface area contributed by atoms with Crippen LogP contribution < -0.4 is 5.32 Å². The van der Waals surface area contributed by atoms with Gasteiger partial charge in [-0.05, 0) is 29.3 Å². The number of aliphatic hydroxyl groups is 1. The van der Waals surface area contributed by atoms with Crippen molar-refractivity contribution >= 4 is 15.9 Å². The Balaban J connectivity index is 1.83. The van der Waals surface area contributed by atoms with Crippen molar-refractivity contribution < 1.29 is 5.11 Å². The van der Waals surface area contributed by atoms with Gasteiger partial charge in [0.2, 0.25) is 0 Å². The summed E-state index contributed by atoms with van der Waals surface area (Å²) in [6.45, 7) is 1.23. The molecule has 1 atom stereocenters. The summed E-state index contributed by atoms with van der Waals surface area (Å²) in [5.41, 5.74) is 2.02. The molecule has 94 valence electrons. The number of halogens is 1. The quantitative estimate of drug-likeness (QED) is 0.892. The highest BCUT2D eigenvalue weighted by Gasteiger charge is 2.06. The van der Waals surface area contributed by atoms with E-state index in [2.05, 4.69) is 26.2 Å². The minimum Gasteiger partial charge on any atom is -0.387 e. The lowest BCUT2D eigenvalue weighted by molar-refractivity contribution is 0.174. The maximum absolute atomic E-state index is 10.0. The number of hydrogen-bond donors (Lipinski definition) is 2. The SMILES string of the molecule is OC(CNCc1cccnc1)c1cccc(Br)c1. The predicted octanol–water partition coefficient (Wildman–Crippen LogP) is 2.67. The van der Waals surface area contributed by atoms with E-state index in [0.717, 1.165) is 15.6 Å². The van der Waals surface area contributed by atoms with E-state index in [0.29, 0.717) is 13.1 Å². The Morgan fingerprint density at radius 3 is 2.89 bits per heavy atom. The molecule has 0 bridgehead atoms. The van der Waals surface area contributed by atoms with Crippen molar-refractivity contribution in [2.24, 2.45) is 0 Å². The smallest absolute Gasteiger partial charge is 0.0914 e. The summed E-state index contributed by atoms with van der Waals surface area (Å²) in [7, 11) is 0. The molecule has 0 spiro atoms. The van der Waals surface area contributed by atoms with Crippen molar-refractivity contribution in [1.82, 2.24) is 10.3 Å². The molecule has 0 amide bonds. The monoisotopic (exact) mass is 306 g/mol. The molecule has 2 N–H and O–H groups in total. The van der Waals surface area contributed by atoms with Crippen LogP contribution in [0.25, 0.3) is 0 Å². The molecule has 0 aliphatic carbocycles. The third kappa shape index (κ3) is 3.91. The number of pyridine rings is 1. The molecule has 0 aliphatic rings. The fourth-order valence-corrected chi connectivity index (χ4v) is 2.10. The first-order chi connectivity index (χ1) is 8.75. The van der Waals surface area contributed by atoms with E-state index in [-0.39, 0.29) is 0 Å². The second-order valence-electron chi connectivity index (χ2n) is 4.06. The number of rotatable bonds is 5. The van der Waals surface area contributed by atoms with E-state index in [1.807, 2.05) is 42.6 Å². The molecule has 4 heteroatoms. The molecule has 0 radical (unpaired) electrons. The molecular weight excluding hydrogens is 292 g/mol. The highest BCUT2D eigenvalue weighted by Crippen LogP contribution is 2.17. The zero-order chi connectivity index (χ0) is 12.8. The van der Waals surface area contributed by atoms with Gasteiger partial charge in [-0.1, -0.05) is 34.1 Å². The summed E-state index contributed by atoms with van der Waals surface area (Å²) < 4.78 is 0.978. The van der Waals surface area contributed by atoms with Crippen LogP contribution in [0.5, 0.6) is 0 Å². The molecule has 3 nitrogen and oxygen atoms in total. The molecular formula is C14H15BrN2O. The summed E-state index contributed by atoms with van der Waals surface area (Å²) in [6, 6.07) is 11.6. The largest absolute Gasteiger partial charge is 0.387 e. The molecule has 2 rings (SSSR count). The van der Waals surface area contributed by atoms with Crippen molar-refractivity contribution in [3.63, 3.8) is 0 Å². The fraction of sp³-hybridized carbons (Fsp3) is 0.214. The Morgan fingerprint density at radius 1 is 1.28 bits per heavy atom. The van der Waals surface area contributed by atoms with Gasteiger partial charge in [0.1, 0.15) is 0 Å². The van der Waals surface area contributed by atoms with E-state index < -0.39 is 6.10 Å². The van der Waals surface area contributed by atoms with E-state index in [1.54, 1.807) is 6.20 Å². The van der Waals surface area contributed by atoms with Crippen LogP contribution in [0, 0.1) is 0 Å². The van der Waals surface area contributed by atoms with Gasteiger partial charge in [-0.3, -0.25) is 4.98 Å². The predicted molar refractivity (Wildman–Crippen MR) is 75.0 cm³/mol. The third-order valence-corrected chi connectivity index (χ3v) is 3.12. The van der Waals surface area contributed by atoms with Gasteiger partial charge in [-0.2, -0.15) is 0 Å². The maximum Gasteiger partial charge on any atom is 0.0914 e. The number of nitrogens with one attached hydrogen (secondary N) is 1. The van der Waals surface area contributed by atoms with Crippen molar-refractivity contribution in [3.05, 3.63) is 64.4 Å². The van der Waals surface area contributed by atoms with E-state index in [4.69, 9.17) is 0 Å². The highest BCUT2D eigenvalue weighted by atomic mass is 79.9. The minimum absolute atomic E-state index is 0.501. The van der Waals surface area contributed by atoms with Crippen molar-refractivity contribution in [2.75, 3.05) is 6.54 Å². The summed E-state index contributed by atoms with van der Waals surface area (Å²) in [4.78, 5) is 4.04. The number of hydrogen-bond acceptors (Lipinski definition) is 3. The lowest BCUT2D eigenvalue weighted by Crippen LogP contribution is -2.21. The molecule has 1 aromatic carbocycles. The van der Waals surface area contributed by atoms with E-state index >= 15 is 0 Å². The number of aliphatic hydroxyl groups excluding tert-OH is 1. The lowest BCUT2D eigenvalue weighted by atomic mass is 10.1. The zero-order valence-electron chi connectivity index (χ0n) is 9.88. The fourth-order valence-electron chi connectivity index (χ4n) is 1.69. The Bertz CT molecular complexity index is 490. The second kappa shape index (κ2) is 6.64.